The average molecular weight is 1350 g/mol. The topological polar surface area (TPSA) is 472 Å². The third-order valence-electron chi connectivity index (χ3n) is 24.9. The van der Waals surface area contributed by atoms with E-state index in [1.54, 1.807) is 0 Å². The number of allylic oxidation sites excluding steroid dienone is 2. The van der Waals surface area contributed by atoms with Gasteiger partial charge in [0.25, 0.3) is 0 Å². The molecular weight excluding hydrogens is 1250 g/mol. The zero-order chi connectivity index (χ0) is 68.4. The lowest BCUT2D eigenvalue weighted by atomic mass is 9.33. The van der Waals surface area contributed by atoms with E-state index in [4.69, 9.17) is 56.8 Å². The van der Waals surface area contributed by atoms with E-state index in [9.17, 15) is 86.8 Å². The Morgan fingerprint density at radius 3 is 1.77 bits per heavy atom. The third kappa shape index (κ3) is 12.5. The molecule has 4 saturated carbocycles. The minimum Gasteiger partial charge on any atom is -0.432 e. The molecule has 30 heteroatoms. The van der Waals surface area contributed by atoms with Crippen molar-refractivity contribution in [3.63, 3.8) is 0 Å². The number of aliphatic hydroxyl groups is 17. The molecule has 94 heavy (non-hydrogen) atoms. The van der Waals surface area contributed by atoms with E-state index in [1.165, 1.54) is 13.8 Å². The van der Waals surface area contributed by atoms with Gasteiger partial charge >= 0.3 is 5.97 Å². The van der Waals surface area contributed by atoms with Gasteiger partial charge in [-0.05, 0) is 117 Å². The van der Waals surface area contributed by atoms with Crippen LogP contribution in [0.5, 0.6) is 0 Å². The van der Waals surface area contributed by atoms with Crippen LogP contribution in [0.4, 0.5) is 0 Å². The van der Waals surface area contributed by atoms with Crippen molar-refractivity contribution in [2.24, 2.45) is 50.2 Å². The zero-order valence-corrected chi connectivity index (χ0v) is 54.6. The van der Waals surface area contributed by atoms with Crippen molar-refractivity contribution < 1.29 is 148 Å². The molecule has 0 radical (unpaired) electrons. The highest BCUT2D eigenvalue weighted by Crippen LogP contribution is 2.76. The highest BCUT2D eigenvalue weighted by molar-refractivity contribution is 5.79. The molecule has 30 nitrogen and oxygen atoms in total. The second-order valence-electron chi connectivity index (χ2n) is 30.8. The molecule has 1 unspecified atom stereocenters. The normalized spacial score (nSPS) is 55.3. The number of hydrogen-bond acceptors (Lipinski definition) is 30. The van der Waals surface area contributed by atoms with E-state index in [1.807, 2.05) is 6.92 Å². The lowest BCUT2D eigenvalue weighted by Gasteiger charge is -2.71. The van der Waals surface area contributed by atoms with Gasteiger partial charge in [-0.3, -0.25) is 4.79 Å². The van der Waals surface area contributed by atoms with Crippen molar-refractivity contribution in [1.82, 2.24) is 0 Å². The van der Waals surface area contributed by atoms with Crippen LogP contribution in [-0.2, 0) is 61.6 Å². The largest absolute Gasteiger partial charge is 0.432 e. The second-order valence-corrected chi connectivity index (χ2v) is 30.8. The summed E-state index contributed by atoms with van der Waals surface area (Å²) in [6, 6.07) is 0. The SMILES string of the molecule is C[C@@H]1O[C@@H](O[C@H]2[C@H](O)[C@@H](O)[C@H](OC[C@H]3O[C@@H](OC(=O)[C@]45CCC(C)(C)C[C@H]4C4=CC[C@@H]6[C@@]7(C)CCC(O[C@@H]8OC[C@H](O)[C@H](O)[C@H]8O[C@@H]8O[C@@H](C)[C@H](O)[C@@H](O[C@@H]9OC[C@@H](O)[C@H](O)[C@H]9O)[C@H]8O)[C@@](C)(CO)[C@@H]7CC[C@@]6(C)[C@]4(C)CC5)[C@H](O)[C@@H](O)[C@@H]3O)O[C@@H]2CO)[C@H](O)[C@H](O)[C@H]1O. The molecule has 10 fully saturated rings. The lowest BCUT2D eigenvalue weighted by molar-refractivity contribution is -0.379. The summed E-state index contributed by atoms with van der Waals surface area (Å²) in [6.07, 6.45) is -37.4. The molecule has 11 rings (SSSR count). The molecule has 6 saturated heterocycles. The van der Waals surface area contributed by atoms with Crippen molar-refractivity contribution in [3.8, 4) is 0 Å². The summed E-state index contributed by atoms with van der Waals surface area (Å²) in [5.41, 5.74) is -2.22. The molecule has 0 aromatic heterocycles. The van der Waals surface area contributed by atoms with E-state index in [-0.39, 0.29) is 47.2 Å². The van der Waals surface area contributed by atoms with Crippen LogP contribution >= 0.6 is 0 Å². The molecule has 6 heterocycles. The number of aliphatic hydroxyl groups excluding tert-OH is 17. The fraction of sp³-hybridized carbons (Fsp3) is 0.953. The minimum atomic E-state index is -1.92. The molecule has 0 bridgehead atoms. The maximum absolute atomic E-state index is 15.3. The Balaban J connectivity index is 0.771. The Bertz CT molecular complexity index is 2640. The van der Waals surface area contributed by atoms with Gasteiger partial charge in [0.1, 0.15) is 122 Å². The van der Waals surface area contributed by atoms with E-state index in [0.29, 0.717) is 57.8 Å². The highest BCUT2D eigenvalue weighted by Gasteiger charge is 2.71. The minimum absolute atomic E-state index is 0.0747. The van der Waals surface area contributed by atoms with Gasteiger partial charge in [0.05, 0.1) is 56.8 Å². The Labute approximate surface area is 545 Å². The van der Waals surface area contributed by atoms with Crippen molar-refractivity contribution in [2.45, 2.75) is 298 Å². The predicted octanol–water partition coefficient (Wildman–Crippen LogP) is -4.08. The Kier molecular flexibility index (Phi) is 21.4. The Morgan fingerprint density at radius 1 is 0.511 bits per heavy atom. The average Bonchev–Trinajstić information content (AvgIpc) is 0.676. The number of rotatable bonds is 15. The van der Waals surface area contributed by atoms with E-state index in [0.717, 1.165) is 12.0 Å². The molecule has 5 aliphatic carbocycles. The Hall–Kier alpha value is -1.91. The van der Waals surface area contributed by atoms with Crippen molar-refractivity contribution >= 4 is 5.97 Å². The molecule has 0 amide bonds. The summed E-state index contributed by atoms with van der Waals surface area (Å²) in [6.45, 7) is 13.7. The van der Waals surface area contributed by atoms with E-state index >= 15 is 4.79 Å². The summed E-state index contributed by atoms with van der Waals surface area (Å²) >= 11 is 0. The second kappa shape index (κ2) is 27.5. The van der Waals surface area contributed by atoms with Crippen LogP contribution in [0.25, 0.3) is 0 Å². The molecule has 0 aromatic rings. The van der Waals surface area contributed by atoms with Crippen LogP contribution in [0.15, 0.2) is 11.6 Å². The van der Waals surface area contributed by atoms with Gasteiger partial charge in [0.2, 0.25) is 6.29 Å². The maximum Gasteiger partial charge on any atom is 0.315 e. The number of ether oxygens (including phenoxy) is 12. The molecule has 0 spiro atoms. The van der Waals surface area contributed by atoms with E-state index in [2.05, 4.69) is 40.7 Å². The van der Waals surface area contributed by atoms with Gasteiger partial charge in [0.15, 0.2) is 31.5 Å². The highest BCUT2D eigenvalue weighted by atomic mass is 16.8. The number of esters is 1. The zero-order valence-electron chi connectivity index (χ0n) is 54.6. The van der Waals surface area contributed by atoms with Crippen LogP contribution in [0.3, 0.4) is 0 Å². The number of fused-ring (bicyclic) bond motifs is 7. The van der Waals surface area contributed by atoms with Gasteiger partial charge in [-0.1, -0.05) is 53.2 Å². The van der Waals surface area contributed by atoms with Gasteiger partial charge < -0.3 is 144 Å². The summed E-state index contributed by atoms with van der Waals surface area (Å²) in [5.74, 6) is -1.01. The van der Waals surface area contributed by atoms with Gasteiger partial charge in [-0.15, -0.1) is 0 Å². The van der Waals surface area contributed by atoms with Crippen LogP contribution in [0.1, 0.15) is 120 Å². The molecular formula is C64H104O30. The molecule has 17 N–H and O–H groups in total. The monoisotopic (exact) mass is 1350 g/mol. The van der Waals surface area contributed by atoms with E-state index < -0.39 is 220 Å². The van der Waals surface area contributed by atoms with Crippen LogP contribution in [0.2, 0.25) is 0 Å². The van der Waals surface area contributed by atoms with Gasteiger partial charge in [-0.25, -0.2) is 0 Å². The first-order valence-corrected chi connectivity index (χ1v) is 33.5. The standard InChI is InChI=1S/C64H104O30/c1-25-36(69)41(74)45(78)54(86-25)91-49-31(20-65)88-52(47(80)43(49)76)85-23-32-40(73)42(75)46(79)55(89-32)94-58(82)64-17-15-59(3,4)19-28(64)27-9-10-34-60(5)13-12-35(61(6,24-66)33(60)11-14-63(34,8)62(27,7)16-18-64)90-57-51(39(72)30(68)22-84-57)93-56-48(81)50(37(70)26(2)87-56)92-53-44(77)38(71)29(67)21-83-53/h9,25-26,28-57,65-81H,10-24H2,1-8H3/t25-,26-,28-,29+,30-,31+,32+,33+,34+,35?,36-,37-,38-,39-,40+,41+,42-,43+,44+,45+,46+,47+,48+,49+,50+,51+,52+,53-,54-,55-,56-,57-,60-,61-,62+,63+,64-/m0/s1. The van der Waals surface area contributed by atoms with Crippen LogP contribution in [-0.4, -0.2) is 304 Å². The number of hydrogen-bond donors (Lipinski definition) is 17. The summed E-state index contributed by atoms with van der Waals surface area (Å²) in [5, 5.41) is 185. The maximum atomic E-state index is 15.3. The fourth-order valence-corrected chi connectivity index (χ4v) is 18.7. The van der Waals surface area contributed by atoms with Gasteiger partial charge in [0, 0.05) is 5.41 Å². The lowest BCUT2D eigenvalue weighted by Crippen LogP contribution is -2.67. The Morgan fingerprint density at radius 2 is 1.09 bits per heavy atom. The first kappa shape index (κ1) is 73.3. The molecule has 37 atom stereocenters. The number of carbonyl (C=O) groups is 1. The summed E-state index contributed by atoms with van der Waals surface area (Å²) < 4.78 is 71.3. The molecule has 540 valence electrons. The first-order chi connectivity index (χ1) is 44.1. The summed E-state index contributed by atoms with van der Waals surface area (Å²) in [7, 11) is 0. The quantitative estimate of drug-likeness (QED) is 0.0421. The molecule has 11 aliphatic rings. The van der Waals surface area contributed by atoms with Gasteiger partial charge in [-0.2, -0.15) is 0 Å². The summed E-state index contributed by atoms with van der Waals surface area (Å²) in [4.78, 5) is 15.3. The smallest absolute Gasteiger partial charge is 0.315 e. The third-order valence-corrected chi connectivity index (χ3v) is 24.9. The van der Waals surface area contributed by atoms with Crippen LogP contribution in [0, 0.1) is 50.2 Å². The van der Waals surface area contributed by atoms with Crippen molar-refractivity contribution in [2.75, 3.05) is 33.0 Å². The molecule has 0 aromatic carbocycles. The predicted molar refractivity (Wildman–Crippen MR) is 315 cm³/mol. The molecule has 6 aliphatic heterocycles. The number of carbonyl (C=O) groups excluding carboxylic acids is 1. The van der Waals surface area contributed by atoms with Crippen LogP contribution < -0.4 is 0 Å². The van der Waals surface area contributed by atoms with Crippen molar-refractivity contribution in [3.05, 3.63) is 11.6 Å². The fourth-order valence-electron chi connectivity index (χ4n) is 18.7. The van der Waals surface area contributed by atoms with Crippen molar-refractivity contribution in [1.29, 1.82) is 0 Å². The first-order valence-electron chi connectivity index (χ1n) is 33.5.